The molecule has 0 saturated carbocycles. The van der Waals surface area contributed by atoms with Gasteiger partial charge in [0.2, 0.25) is 0 Å². The van der Waals surface area contributed by atoms with Crippen LogP contribution in [0.2, 0.25) is 0 Å². The number of pyridine rings is 1. The van der Waals surface area contributed by atoms with Crippen LogP contribution in [0.5, 0.6) is 0 Å². The zero-order valence-corrected chi connectivity index (χ0v) is 12.2. The summed E-state index contributed by atoms with van der Waals surface area (Å²) in [4.78, 5) is 4.57. The third-order valence-corrected chi connectivity index (χ3v) is 4.48. The lowest BCUT2D eigenvalue weighted by atomic mass is 9.83. The molecule has 1 aromatic rings. The van der Waals surface area contributed by atoms with Crippen molar-refractivity contribution in [2.45, 2.75) is 39.2 Å². The van der Waals surface area contributed by atoms with Crippen LogP contribution < -0.4 is 4.57 Å². The molecule has 0 fully saturated rings. The number of fused-ring (bicyclic) bond motifs is 1. The second-order valence-corrected chi connectivity index (χ2v) is 6.90. The highest BCUT2D eigenvalue weighted by Crippen LogP contribution is 2.37. The number of nitrogens with zero attached hydrogens (tertiary/aromatic N) is 2. The third kappa shape index (κ3) is 2.84. The summed E-state index contributed by atoms with van der Waals surface area (Å²) in [5, 5.41) is 0. The van der Waals surface area contributed by atoms with E-state index in [0.717, 1.165) is 17.1 Å². The summed E-state index contributed by atoms with van der Waals surface area (Å²) in [6.45, 7) is 6.71. The van der Waals surface area contributed by atoms with Crippen molar-refractivity contribution < 1.29 is 17.5 Å². The Labute approximate surface area is 113 Å². The molecule has 1 aliphatic rings. The summed E-state index contributed by atoms with van der Waals surface area (Å²) < 4.78 is 33.8. The second-order valence-electron chi connectivity index (χ2n) is 5.38. The average Bonchev–Trinajstić information content (AvgIpc) is 2.50. The van der Waals surface area contributed by atoms with Crippen molar-refractivity contribution in [2.75, 3.05) is 5.75 Å². The summed E-state index contributed by atoms with van der Waals surface area (Å²) >= 11 is 0. The number of aromatic nitrogens is 1. The molecule has 0 amide bonds. The van der Waals surface area contributed by atoms with Gasteiger partial charge in [0.15, 0.2) is 0 Å². The Morgan fingerprint density at radius 1 is 1.42 bits per heavy atom. The van der Waals surface area contributed by atoms with Gasteiger partial charge in [0.1, 0.15) is 5.71 Å². The molecule has 0 aromatic carbocycles. The second kappa shape index (κ2) is 4.68. The third-order valence-electron chi connectivity index (χ3n) is 3.69. The number of hydrogen-bond donors (Lipinski definition) is 0. The van der Waals surface area contributed by atoms with Crippen LogP contribution in [0.15, 0.2) is 23.3 Å². The molecule has 1 aromatic heterocycles. The van der Waals surface area contributed by atoms with Gasteiger partial charge < -0.3 is 4.55 Å². The van der Waals surface area contributed by atoms with Crippen molar-refractivity contribution in [1.82, 2.24) is 0 Å². The van der Waals surface area contributed by atoms with Crippen LogP contribution in [-0.4, -0.2) is 24.4 Å². The van der Waals surface area contributed by atoms with E-state index in [1.165, 1.54) is 0 Å². The minimum Gasteiger partial charge on any atom is -0.748 e. The lowest BCUT2D eigenvalue weighted by molar-refractivity contribution is -0.684. The first-order valence-corrected chi connectivity index (χ1v) is 7.82. The Morgan fingerprint density at radius 2 is 2.11 bits per heavy atom. The summed E-state index contributed by atoms with van der Waals surface area (Å²) in [5.74, 6) is 0.531. The van der Waals surface area contributed by atoms with Gasteiger partial charge in [0.05, 0.1) is 33.8 Å². The lowest BCUT2D eigenvalue weighted by Crippen LogP contribution is -2.35. The van der Waals surface area contributed by atoms with Gasteiger partial charge in [-0.15, -0.1) is 0 Å². The lowest BCUT2D eigenvalue weighted by Gasteiger charge is -2.15. The number of hydrogen-bond acceptors (Lipinski definition) is 4. The highest BCUT2D eigenvalue weighted by Gasteiger charge is 2.40. The molecule has 0 saturated heterocycles. The number of aliphatic imine (C=N–C) groups is 1. The van der Waals surface area contributed by atoms with Crippen LogP contribution in [0.4, 0.5) is 5.82 Å². The van der Waals surface area contributed by atoms with Gasteiger partial charge in [-0.1, -0.05) is 0 Å². The zero-order valence-electron chi connectivity index (χ0n) is 11.4. The average molecular weight is 282 g/mol. The maximum atomic E-state index is 10.6. The normalized spacial score (nSPS) is 17.2. The van der Waals surface area contributed by atoms with Crippen LogP contribution in [-0.2, 0) is 22.1 Å². The maximum absolute atomic E-state index is 10.6. The van der Waals surface area contributed by atoms with E-state index in [2.05, 4.69) is 18.8 Å². The van der Waals surface area contributed by atoms with E-state index in [9.17, 15) is 13.0 Å². The predicted octanol–water partition coefficient (Wildman–Crippen LogP) is 1.29. The van der Waals surface area contributed by atoms with Crippen LogP contribution >= 0.6 is 0 Å². The Morgan fingerprint density at radius 3 is 2.74 bits per heavy atom. The molecule has 0 bridgehead atoms. The first kappa shape index (κ1) is 14.1. The first-order valence-electron chi connectivity index (χ1n) is 6.24. The molecule has 2 rings (SSSR count). The summed E-state index contributed by atoms with van der Waals surface area (Å²) in [5.41, 5.74) is 2.08. The van der Waals surface area contributed by atoms with E-state index in [4.69, 9.17) is 0 Å². The van der Waals surface area contributed by atoms with Crippen molar-refractivity contribution in [3.8, 4) is 0 Å². The van der Waals surface area contributed by atoms with Crippen molar-refractivity contribution in [2.24, 2.45) is 4.99 Å². The summed E-state index contributed by atoms with van der Waals surface area (Å²) in [6.07, 6.45) is 2.18. The maximum Gasteiger partial charge on any atom is 0.327 e. The van der Waals surface area contributed by atoms with Crippen molar-refractivity contribution in [3.63, 3.8) is 0 Å². The van der Waals surface area contributed by atoms with Crippen LogP contribution in [0.25, 0.3) is 0 Å². The summed E-state index contributed by atoms with van der Waals surface area (Å²) in [7, 11) is -4.14. The number of rotatable bonds is 4. The van der Waals surface area contributed by atoms with Crippen molar-refractivity contribution >= 4 is 21.6 Å². The largest absolute Gasteiger partial charge is 0.748 e. The first-order chi connectivity index (χ1) is 8.72. The van der Waals surface area contributed by atoms with E-state index in [1.54, 1.807) is 0 Å². The molecular weight excluding hydrogens is 264 g/mol. The summed E-state index contributed by atoms with van der Waals surface area (Å²) in [6, 6.07) is 3.97. The van der Waals surface area contributed by atoms with Crippen molar-refractivity contribution in [3.05, 3.63) is 23.9 Å². The molecule has 0 atom stereocenters. The zero-order chi connectivity index (χ0) is 14.3. The SMILES string of the molecule is CC1=Nc2c(ccc[n+]2CCCS(=O)(=O)[O-])C1(C)C. The molecule has 104 valence electrons. The molecule has 0 radical (unpaired) electrons. The van der Waals surface area contributed by atoms with Gasteiger partial charge >= 0.3 is 5.82 Å². The topological polar surface area (TPSA) is 73.4 Å². The molecule has 6 heteroatoms. The monoisotopic (exact) mass is 282 g/mol. The highest BCUT2D eigenvalue weighted by atomic mass is 32.2. The molecule has 0 N–H and O–H groups in total. The van der Waals surface area contributed by atoms with E-state index < -0.39 is 10.1 Å². The molecule has 2 heterocycles. The van der Waals surface area contributed by atoms with E-state index >= 15 is 0 Å². The number of aryl methyl sites for hydroxylation is 1. The van der Waals surface area contributed by atoms with Crippen LogP contribution in [0.3, 0.4) is 0 Å². The van der Waals surface area contributed by atoms with Crippen LogP contribution in [0.1, 0.15) is 32.8 Å². The van der Waals surface area contributed by atoms with Gasteiger partial charge in [-0.2, -0.15) is 0 Å². The van der Waals surface area contributed by atoms with Gasteiger partial charge in [0.25, 0.3) is 0 Å². The molecule has 0 unspecified atom stereocenters. The molecule has 0 spiro atoms. The van der Waals surface area contributed by atoms with Gasteiger partial charge in [-0.05, 0) is 44.3 Å². The fourth-order valence-corrected chi connectivity index (χ4v) is 2.72. The quantitative estimate of drug-likeness (QED) is 0.617. The fraction of sp³-hybridized carbons (Fsp3) is 0.538. The molecule has 19 heavy (non-hydrogen) atoms. The van der Waals surface area contributed by atoms with Gasteiger partial charge in [-0.3, -0.25) is 0 Å². The van der Waals surface area contributed by atoms with Gasteiger partial charge in [-0.25, -0.2) is 13.0 Å². The minimum atomic E-state index is -4.14. The highest BCUT2D eigenvalue weighted by molar-refractivity contribution is 7.85. The van der Waals surface area contributed by atoms with E-state index in [-0.39, 0.29) is 11.2 Å². The molecule has 1 aliphatic heterocycles. The smallest absolute Gasteiger partial charge is 0.327 e. The predicted molar refractivity (Wildman–Crippen MR) is 71.6 cm³/mol. The van der Waals surface area contributed by atoms with Gasteiger partial charge in [0, 0.05) is 5.75 Å². The molecule has 5 nitrogen and oxygen atoms in total. The fourth-order valence-electron chi connectivity index (χ4n) is 2.24. The van der Waals surface area contributed by atoms with Crippen LogP contribution in [0, 0.1) is 0 Å². The van der Waals surface area contributed by atoms with E-state index in [1.807, 2.05) is 29.8 Å². The van der Waals surface area contributed by atoms with Crippen molar-refractivity contribution in [1.29, 1.82) is 0 Å². The molecular formula is C13H18N2O3S. The standard InChI is InChI=1S/C13H18N2O3S/c1-10-13(2,3)11-6-4-7-15(12(11)14-10)8-5-9-19(16,17)18/h4,6-7H,5,8-9H2,1-3H3. The van der Waals surface area contributed by atoms with E-state index in [0.29, 0.717) is 13.0 Å². The Hall–Kier alpha value is -1.27. The molecule has 0 aliphatic carbocycles. The Bertz CT molecular complexity index is 633. The minimum absolute atomic E-state index is 0.0943. The Balaban J connectivity index is 2.24. The Kier molecular flexibility index (Phi) is 3.49.